The number of nitrogens with one attached hydrogen (secondary N) is 1. The molecule has 1 unspecified atom stereocenters. The van der Waals surface area contributed by atoms with Crippen molar-refractivity contribution < 1.29 is 14.0 Å². The van der Waals surface area contributed by atoms with Gasteiger partial charge in [0.2, 0.25) is 11.8 Å². The second-order valence-corrected chi connectivity index (χ2v) is 9.92. The van der Waals surface area contributed by atoms with E-state index in [4.69, 9.17) is 0 Å². The van der Waals surface area contributed by atoms with E-state index in [-0.39, 0.29) is 23.4 Å². The van der Waals surface area contributed by atoms with Crippen molar-refractivity contribution in [3.63, 3.8) is 0 Å². The molecule has 6 heteroatoms. The first-order chi connectivity index (χ1) is 16.9. The van der Waals surface area contributed by atoms with Gasteiger partial charge >= 0.3 is 0 Å². The molecule has 0 saturated carbocycles. The van der Waals surface area contributed by atoms with E-state index in [0.717, 1.165) is 11.1 Å². The van der Waals surface area contributed by atoms with Crippen molar-refractivity contribution in [3.8, 4) is 0 Å². The van der Waals surface area contributed by atoms with E-state index < -0.39 is 6.04 Å². The van der Waals surface area contributed by atoms with E-state index >= 15 is 0 Å². The van der Waals surface area contributed by atoms with E-state index in [1.54, 1.807) is 23.1 Å². The standard InChI is InChI=1S/C29H33FN2O2S/c1-22(2)18-31-29(34)27(17-23-11-5-3-6-12-23)32(19-24-13-7-4-8-14-24)28(33)21-35-20-25-15-9-10-16-26(25)30/h3-16,22,27H,17-21H2,1-2H3,(H,31,34). The molecule has 0 fully saturated rings. The molecule has 0 radical (unpaired) electrons. The van der Waals surface area contributed by atoms with Gasteiger partial charge in [-0.15, -0.1) is 11.8 Å². The summed E-state index contributed by atoms with van der Waals surface area (Å²) >= 11 is 1.36. The molecule has 1 atom stereocenters. The molecule has 0 aliphatic rings. The van der Waals surface area contributed by atoms with Crippen LogP contribution in [-0.4, -0.2) is 35.1 Å². The average molecular weight is 493 g/mol. The van der Waals surface area contributed by atoms with E-state index in [1.165, 1.54) is 17.8 Å². The fraction of sp³-hybridized carbons (Fsp3) is 0.310. The Labute approximate surface area is 211 Å². The molecule has 0 aromatic heterocycles. The van der Waals surface area contributed by atoms with E-state index in [1.807, 2.05) is 74.5 Å². The number of halogens is 1. The van der Waals surface area contributed by atoms with E-state index in [2.05, 4.69) is 5.32 Å². The molecule has 4 nitrogen and oxygen atoms in total. The highest BCUT2D eigenvalue weighted by Gasteiger charge is 2.30. The molecule has 3 aromatic carbocycles. The number of amides is 2. The van der Waals surface area contributed by atoms with Crippen LogP contribution in [0.2, 0.25) is 0 Å². The first-order valence-electron chi connectivity index (χ1n) is 11.9. The minimum Gasteiger partial charge on any atom is -0.354 e. The topological polar surface area (TPSA) is 49.4 Å². The summed E-state index contributed by atoms with van der Waals surface area (Å²) in [6, 6.07) is 25.4. The monoisotopic (exact) mass is 492 g/mol. The van der Waals surface area contributed by atoms with Crippen molar-refractivity contribution in [3.05, 3.63) is 107 Å². The largest absolute Gasteiger partial charge is 0.354 e. The molecule has 0 aliphatic heterocycles. The molecule has 1 N–H and O–H groups in total. The zero-order valence-electron chi connectivity index (χ0n) is 20.3. The van der Waals surface area contributed by atoms with Crippen molar-refractivity contribution in [1.29, 1.82) is 0 Å². The quantitative estimate of drug-likeness (QED) is 0.365. The highest BCUT2D eigenvalue weighted by Crippen LogP contribution is 2.19. The fourth-order valence-corrected chi connectivity index (χ4v) is 4.60. The summed E-state index contributed by atoms with van der Waals surface area (Å²) in [6.07, 6.45) is 0.418. The Hall–Kier alpha value is -3.12. The lowest BCUT2D eigenvalue weighted by molar-refractivity contribution is -0.139. The van der Waals surface area contributed by atoms with Crippen LogP contribution in [0, 0.1) is 11.7 Å². The summed E-state index contributed by atoms with van der Waals surface area (Å²) < 4.78 is 14.0. The Morgan fingerprint density at radius 1 is 0.886 bits per heavy atom. The van der Waals surface area contributed by atoms with Crippen LogP contribution >= 0.6 is 11.8 Å². The maximum Gasteiger partial charge on any atom is 0.243 e. The van der Waals surface area contributed by atoms with Gasteiger partial charge in [0.1, 0.15) is 11.9 Å². The molecule has 0 saturated heterocycles. The Bertz CT molecular complexity index is 1080. The number of hydrogen-bond acceptors (Lipinski definition) is 3. The van der Waals surface area contributed by atoms with Crippen LogP contribution in [0.3, 0.4) is 0 Å². The lowest BCUT2D eigenvalue weighted by Gasteiger charge is -2.31. The summed E-state index contributed by atoms with van der Waals surface area (Å²) in [5.74, 6) is 0.265. The maximum absolute atomic E-state index is 14.0. The first kappa shape index (κ1) is 26.5. The average Bonchev–Trinajstić information content (AvgIpc) is 2.87. The first-order valence-corrected chi connectivity index (χ1v) is 13.1. The van der Waals surface area contributed by atoms with Crippen LogP contribution in [0.5, 0.6) is 0 Å². The molecule has 0 bridgehead atoms. The van der Waals surface area contributed by atoms with Crippen molar-refractivity contribution in [1.82, 2.24) is 10.2 Å². The van der Waals surface area contributed by atoms with Gasteiger partial charge in [0.25, 0.3) is 0 Å². The number of benzene rings is 3. The maximum atomic E-state index is 14.0. The van der Waals surface area contributed by atoms with Crippen molar-refractivity contribution in [2.75, 3.05) is 12.3 Å². The fourth-order valence-electron chi connectivity index (χ4n) is 3.70. The van der Waals surface area contributed by atoms with E-state index in [0.29, 0.717) is 36.7 Å². The Balaban J connectivity index is 1.82. The van der Waals surface area contributed by atoms with Gasteiger partial charge in [-0.1, -0.05) is 92.7 Å². The zero-order chi connectivity index (χ0) is 25.0. The molecule has 35 heavy (non-hydrogen) atoms. The minimum atomic E-state index is -0.655. The summed E-state index contributed by atoms with van der Waals surface area (Å²) in [4.78, 5) is 28.6. The van der Waals surface area contributed by atoms with Crippen molar-refractivity contribution in [2.24, 2.45) is 5.92 Å². The van der Waals surface area contributed by atoms with Crippen molar-refractivity contribution in [2.45, 2.75) is 38.6 Å². The number of carbonyl (C=O) groups is 2. The number of rotatable bonds is 12. The van der Waals surface area contributed by atoms with Crippen LogP contribution in [0.4, 0.5) is 4.39 Å². The highest BCUT2D eigenvalue weighted by molar-refractivity contribution is 7.99. The summed E-state index contributed by atoms with van der Waals surface area (Å²) in [6.45, 7) is 4.95. The number of thioether (sulfide) groups is 1. The predicted octanol–water partition coefficient (Wildman–Crippen LogP) is 5.47. The Morgan fingerprint density at radius 3 is 2.11 bits per heavy atom. The van der Waals surface area contributed by atoms with Crippen LogP contribution in [0.15, 0.2) is 84.9 Å². The van der Waals surface area contributed by atoms with Gasteiger partial charge in [-0.3, -0.25) is 9.59 Å². The van der Waals surface area contributed by atoms with Crippen molar-refractivity contribution >= 4 is 23.6 Å². The molecular weight excluding hydrogens is 459 g/mol. The molecular formula is C29H33FN2O2S. The van der Waals surface area contributed by atoms with Crippen LogP contribution in [0.1, 0.15) is 30.5 Å². The van der Waals surface area contributed by atoms with Gasteiger partial charge < -0.3 is 10.2 Å². The summed E-state index contributed by atoms with van der Waals surface area (Å²) in [7, 11) is 0. The molecule has 0 aliphatic carbocycles. The second kappa shape index (κ2) is 13.7. The Kier molecular flexibility index (Phi) is 10.4. The van der Waals surface area contributed by atoms with E-state index in [9.17, 15) is 14.0 Å². The third-order valence-electron chi connectivity index (χ3n) is 5.59. The number of hydrogen-bond donors (Lipinski definition) is 1. The van der Waals surface area contributed by atoms with Crippen LogP contribution in [-0.2, 0) is 28.3 Å². The molecule has 2 amide bonds. The lowest BCUT2D eigenvalue weighted by atomic mass is 10.0. The zero-order valence-corrected chi connectivity index (χ0v) is 21.1. The molecule has 0 spiro atoms. The van der Waals surface area contributed by atoms with Gasteiger partial charge in [0.05, 0.1) is 5.75 Å². The normalized spacial score (nSPS) is 11.8. The molecule has 184 valence electrons. The Morgan fingerprint density at radius 2 is 1.49 bits per heavy atom. The smallest absolute Gasteiger partial charge is 0.243 e. The number of carbonyl (C=O) groups excluding carboxylic acids is 2. The van der Waals surface area contributed by atoms with Gasteiger partial charge in [0.15, 0.2) is 0 Å². The highest BCUT2D eigenvalue weighted by atomic mass is 32.2. The summed E-state index contributed by atoms with van der Waals surface area (Å²) in [5.41, 5.74) is 2.51. The molecule has 3 aromatic rings. The molecule has 3 rings (SSSR count). The van der Waals surface area contributed by atoms with Gasteiger partial charge in [-0.2, -0.15) is 0 Å². The third kappa shape index (κ3) is 8.55. The van der Waals surface area contributed by atoms with Crippen LogP contribution in [0.25, 0.3) is 0 Å². The SMILES string of the molecule is CC(C)CNC(=O)C(Cc1ccccc1)N(Cc1ccccc1)C(=O)CSCc1ccccc1F. The van der Waals surface area contributed by atoms with Crippen LogP contribution < -0.4 is 5.32 Å². The third-order valence-corrected chi connectivity index (χ3v) is 6.56. The minimum absolute atomic E-state index is 0.143. The lowest BCUT2D eigenvalue weighted by Crippen LogP contribution is -2.51. The van der Waals surface area contributed by atoms with Gasteiger partial charge in [0, 0.05) is 25.3 Å². The molecule has 0 heterocycles. The summed E-state index contributed by atoms with van der Waals surface area (Å²) in [5, 5.41) is 3.02. The predicted molar refractivity (Wildman–Crippen MR) is 141 cm³/mol. The van der Waals surface area contributed by atoms with Gasteiger partial charge in [-0.25, -0.2) is 4.39 Å². The van der Waals surface area contributed by atoms with Gasteiger partial charge in [-0.05, 0) is 28.7 Å². The number of nitrogens with zero attached hydrogens (tertiary/aromatic N) is 1. The second-order valence-electron chi connectivity index (χ2n) is 8.94.